The monoisotopic (exact) mass is 476 g/mol. The summed E-state index contributed by atoms with van der Waals surface area (Å²) in [5.74, 6) is -0.122. The lowest BCUT2D eigenvalue weighted by molar-refractivity contribution is -0.142. The summed E-state index contributed by atoms with van der Waals surface area (Å²) >= 11 is 0. The van der Waals surface area contributed by atoms with Crippen LogP contribution in [0.1, 0.15) is 71.5 Å². The fourth-order valence-electron chi connectivity index (χ4n) is 4.85. The van der Waals surface area contributed by atoms with Gasteiger partial charge in [-0.2, -0.15) is 0 Å². The summed E-state index contributed by atoms with van der Waals surface area (Å²) in [5, 5.41) is 13.6. The smallest absolute Gasteiger partial charge is 0.225 e. The summed E-state index contributed by atoms with van der Waals surface area (Å²) < 4.78 is 11.4. The van der Waals surface area contributed by atoms with Crippen molar-refractivity contribution in [3.63, 3.8) is 0 Å². The van der Waals surface area contributed by atoms with E-state index in [1.807, 2.05) is 42.2 Å². The van der Waals surface area contributed by atoms with E-state index in [4.69, 9.17) is 9.47 Å². The maximum Gasteiger partial charge on any atom is 0.225 e. The Morgan fingerprint density at radius 3 is 2.41 bits per heavy atom. The molecule has 1 aromatic rings. The standard InChI is InChI=1S/C27H44N2O5/c1-7-18(2)16-22(33-5)17-24(30)29-15-11-14-23(29)26(34-6)19(3)27(32)28-20(4)25(31)21-12-9-8-10-13-21/h8-10,12-13,18-20,22-23,25-26,31H,7,11,14-17H2,1-6H3,(H,28,32)/t18-,19+,20+,22+,23-,25+,26+/m0/s1. The Morgan fingerprint density at radius 1 is 1.15 bits per heavy atom. The first-order valence-corrected chi connectivity index (χ1v) is 12.6. The molecular formula is C27H44N2O5. The van der Waals surface area contributed by atoms with Crippen molar-refractivity contribution in [2.75, 3.05) is 20.8 Å². The minimum atomic E-state index is -0.806. The number of likely N-dealkylation sites (tertiary alicyclic amines) is 1. The van der Waals surface area contributed by atoms with Crippen LogP contribution in [-0.2, 0) is 19.1 Å². The van der Waals surface area contributed by atoms with Gasteiger partial charge in [0.2, 0.25) is 11.8 Å². The molecule has 2 rings (SSSR count). The van der Waals surface area contributed by atoms with E-state index in [1.165, 1.54) is 0 Å². The topological polar surface area (TPSA) is 88.1 Å². The van der Waals surface area contributed by atoms with Gasteiger partial charge in [0.05, 0.1) is 42.7 Å². The number of hydrogen-bond acceptors (Lipinski definition) is 5. The first-order valence-electron chi connectivity index (χ1n) is 12.6. The molecule has 2 amide bonds. The molecule has 7 atom stereocenters. The average Bonchev–Trinajstić information content (AvgIpc) is 3.33. The third-order valence-electron chi connectivity index (χ3n) is 7.26. The lowest BCUT2D eigenvalue weighted by Gasteiger charge is -2.35. The highest BCUT2D eigenvalue weighted by atomic mass is 16.5. The van der Waals surface area contributed by atoms with Crippen LogP contribution >= 0.6 is 0 Å². The van der Waals surface area contributed by atoms with Gasteiger partial charge in [0, 0.05) is 20.8 Å². The van der Waals surface area contributed by atoms with Gasteiger partial charge in [-0.3, -0.25) is 9.59 Å². The second-order valence-corrected chi connectivity index (χ2v) is 9.75. The van der Waals surface area contributed by atoms with Crippen molar-refractivity contribution in [3.8, 4) is 0 Å². The molecule has 0 radical (unpaired) electrons. The molecule has 7 nitrogen and oxygen atoms in total. The molecule has 0 unspecified atom stereocenters. The number of ether oxygens (including phenoxy) is 2. The summed E-state index contributed by atoms with van der Waals surface area (Å²) in [4.78, 5) is 28.1. The van der Waals surface area contributed by atoms with Crippen LogP contribution in [0.4, 0.5) is 0 Å². The van der Waals surface area contributed by atoms with Gasteiger partial charge in [0.25, 0.3) is 0 Å². The molecule has 2 N–H and O–H groups in total. The van der Waals surface area contributed by atoms with Gasteiger partial charge in [0.15, 0.2) is 0 Å². The molecule has 0 aliphatic carbocycles. The Kier molecular flexibility index (Phi) is 11.5. The number of carbonyl (C=O) groups excluding carboxylic acids is 2. The van der Waals surface area contributed by atoms with Crippen molar-refractivity contribution in [2.45, 2.75) is 90.2 Å². The first-order chi connectivity index (χ1) is 16.2. The summed E-state index contributed by atoms with van der Waals surface area (Å²) in [6.07, 6.45) is 2.59. The molecule has 1 saturated heterocycles. The number of nitrogens with zero attached hydrogens (tertiary/aromatic N) is 1. The first kappa shape index (κ1) is 28.3. The van der Waals surface area contributed by atoms with Gasteiger partial charge >= 0.3 is 0 Å². The van der Waals surface area contributed by atoms with E-state index in [2.05, 4.69) is 19.2 Å². The van der Waals surface area contributed by atoms with Crippen LogP contribution < -0.4 is 5.32 Å². The van der Waals surface area contributed by atoms with Gasteiger partial charge in [-0.15, -0.1) is 0 Å². The van der Waals surface area contributed by atoms with E-state index in [9.17, 15) is 14.7 Å². The van der Waals surface area contributed by atoms with Crippen LogP contribution in [0.15, 0.2) is 30.3 Å². The van der Waals surface area contributed by atoms with Gasteiger partial charge < -0.3 is 24.8 Å². The van der Waals surface area contributed by atoms with Crippen molar-refractivity contribution in [1.29, 1.82) is 0 Å². The Morgan fingerprint density at radius 2 is 1.82 bits per heavy atom. The van der Waals surface area contributed by atoms with Crippen molar-refractivity contribution in [3.05, 3.63) is 35.9 Å². The normalized spacial score (nSPS) is 21.4. The molecule has 1 fully saturated rings. The molecule has 0 saturated carbocycles. The lowest BCUT2D eigenvalue weighted by Crippen LogP contribution is -2.51. The highest BCUT2D eigenvalue weighted by molar-refractivity contribution is 5.80. The number of benzene rings is 1. The molecule has 0 spiro atoms. The van der Waals surface area contributed by atoms with E-state index >= 15 is 0 Å². The molecule has 34 heavy (non-hydrogen) atoms. The maximum absolute atomic E-state index is 13.2. The fourth-order valence-corrected chi connectivity index (χ4v) is 4.85. The summed E-state index contributed by atoms with van der Waals surface area (Å²) in [7, 11) is 3.26. The maximum atomic E-state index is 13.2. The zero-order chi connectivity index (χ0) is 25.3. The van der Waals surface area contributed by atoms with Gasteiger partial charge in [-0.05, 0) is 37.7 Å². The van der Waals surface area contributed by atoms with Crippen LogP contribution in [0.5, 0.6) is 0 Å². The summed E-state index contributed by atoms with van der Waals surface area (Å²) in [6.45, 7) is 8.60. The zero-order valence-electron chi connectivity index (χ0n) is 21.7. The minimum Gasteiger partial charge on any atom is -0.386 e. The molecule has 1 aromatic carbocycles. The summed E-state index contributed by atoms with van der Waals surface area (Å²) in [5.41, 5.74) is 0.754. The zero-order valence-corrected chi connectivity index (χ0v) is 21.7. The third-order valence-corrected chi connectivity index (χ3v) is 7.26. The predicted octanol–water partition coefficient (Wildman–Crippen LogP) is 3.71. The second kappa shape index (κ2) is 13.8. The van der Waals surface area contributed by atoms with Crippen LogP contribution in [-0.4, -0.2) is 66.9 Å². The van der Waals surface area contributed by atoms with Crippen LogP contribution in [0, 0.1) is 11.8 Å². The molecule has 7 heteroatoms. The van der Waals surface area contributed by atoms with Crippen molar-refractivity contribution in [1.82, 2.24) is 10.2 Å². The number of nitrogens with one attached hydrogen (secondary N) is 1. The molecule has 0 bridgehead atoms. The average molecular weight is 477 g/mol. The van der Waals surface area contributed by atoms with E-state index in [0.717, 1.165) is 31.2 Å². The van der Waals surface area contributed by atoms with Crippen molar-refractivity contribution >= 4 is 11.8 Å². The number of aliphatic hydroxyl groups excluding tert-OH is 1. The highest BCUT2D eigenvalue weighted by Gasteiger charge is 2.40. The molecule has 0 aromatic heterocycles. The number of carbonyl (C=O) groups is 2. The van der Waals surface area contributed by atoms with E-state index < -0.39 is 24.2 Å². The SMILES string of the molecule is CC[C@H](C)C[C@H](CC(=O)N1CCC[C@H]1[C@H](OC)[C@@H](C)C(=O)N[C@H](C)[C@@H](O)c1ccccc1)OC. The van der Waals surface area contributed by atoms with Gasteiger partial charge in [-0.1, -0.05) is 57.5 Å². The fraction of sp³-hybridized carbons (Fsp3) is 0.704. The van der Waals surface area contributed by atoms with Crippen LogP contribution in [0.25, 0.3) is 0 Å². The number of aliphatic hydroxyl groups is 1. The Hall–Kier alpha value is -1.96. The van der Waals surface area contributed by atoms with Crippen molar-refractivity contribution < 1.29 is 24.2 Å². The Balaban J connectivity index is 2.02. The number of amides is 2. The van der Waals surface area contributed by atoms with Crippen LogP contribution in [0.3, 0.4) is 0 Å². The number of hydrogen-bond donors (Lipinski definition) is 2. The number of rotatable bonds is 13. The van der Waals surface area contributed by atoms with E-state index in [0.29, 0.717) is 18.9 Å². The molecule has 1 aliphatic heterocycles. The van der Waals surface area contributed by atoms with Gasteiger partial charge in [0.1, 0.15) is 0 Å². The third kappa shape index (κ3) is 7.52. The van der Waals surface area contributed by atoms with Gasteiger partial charge in [-0.25, -0.2) is 0 Å². The van der Waals surface area contributed by atoms with E-state index in [-0.39, 0.29) is 24.0 Å². The van der Waals surface area contributed by atoms with E-state index in [1.54, 1.807) is 21.1 Å². The molecule has 1 aliphatic rings. The largest absolute Gasteiger partial charge is 0.386 e. The lowest BCUT2D eigenvalue weighted by atomic mass is 9.93. The molecule has 192 valence electrons. The quantitative estimate of drug-likeness (QED) is 0.453. The highest BCUT2D eigenvalue weighted by Crippen LogP contribution is 2.28. The minimum absolute atomic E-state index is 0.0557. The predicted molar refractivity (Wildman–Crippen MR) is 133 cm³/mol. The van der Waals surface area contributed by atoms with Crippen LogP contribution in [0.2, 0.25) is 0 Å². The molecular weight excluding hydrogens is 432 g/mol. The molecule has 1 heterocycles. The Bertz CT molecular complexity index is 759. The number of methoxy groups -OCH3 is 2. The van der Waals surface area contributed by atoms with Crippen molar-refractivity contribution in [2.24, 2.45) is 11.8 Å². The second-order valence-electron chi connectivity index (χ2n) is 9.75. The summed E-state index contributed by atoms with van der Waals surface area (Å²) in [6, 6.07) is 8.67. The Labute approximate surface area is 205 Å².